The lowest BCUT2D eigenvalue weighted by atomic mass is 9.95. The van der Waals surface area contributed by atoms with Crippen LogP contribution in [-0.2, 0) is 16.1 Å². The van der Waals surface area contributed by atoms with Crippen LogP contribution in [0.4, 0.5) is 4.39 Å². The molecule has 0 aromatic carbocycles. The highest BCUT2D eigenvalue weighted by atomic mass is 35.5. The molecule has 1 aliphatic heterocycles. The molecular formula is C12H12ClFN2O2S. The number of halogens is 2. The maximum Gasteiger partial charge on any atom is 0.261 e. The second kappa shape index (κ2) is 5.30. The number of hydrogen-bond donors (Lipinski definition) is 1. The van der Waals surface area contributed by atoms with E-state index >= 15 is 0 Å². The zero-order valence-electron chi connectivity index (χ0n) is 9.99. The van der Waals surface area contributed by atoms with Crippen molar-refractivity contribution in [3.05, 3.63) is 34.0 Å². The average molecular weight is 303 g/mol. The molecule has 0 unspecified atom stereocenters. The minimum Gasteiger partial charge on any atom is -0.348 e. The molecule has 7 heteroatoms. The van der Waals surface area contributed by atoms with Gasteiger partial charge in [-0.2, -0.15) is 0 Å². The molecule has 102 valence electrons. The van der Waals surface area contributed by atoms with Crippen molar-refractivity contribution in [1.29, 1.82) is 0 Å². The van der Waals surface area contributed by atoms with E-state index in [9.17, 15) is 14.0 Å². The number of amides is 2. The van der Waals surface area contributed by atoms with Gasteiger partial charge in [0.25, 0.3) is 5.91 Å². The second-order valence-corrected chi connectivity index (χ2v) is 5.65. The number of rotatable bonds is 4. The molecule has 0 spiro atoms. The van der Waals surface area contributed by atoms with Crippen LogP contribution in [0, 0.1) is 0 Å². The third kappa shape index (κ3) is 2.79. The molecule has 1 saturated heterocycles. The molecule has 2 amide bonds. The first-order chi connectivity index (χ1) is 8.96. The summed E-state index contributed by atoms with van der Waals surface area (Å²) >= 11 is 7.26. The molecule has 19 heavy (non-hydrogen) atoms. The Morgan fingerprint density at radius 2 is 2.32 bits per heavy atom. The normalized spacial score (nSPS) is 16.6. The number of hydrogen-bond acceptors (Lipinski definition) is 3. The zero-order valence-corrected chi connectivity index (χ0v) is 11.6. The summed E-state index contributed by atoms with van der Waals surface area (Å²) in [7, 11) is 0. The molecule has 0 radical (unpaired) electrons. The van der Waals surface area contributed by atoms with Gasteiger partial charge >= 0.3 is 0 Å². The van der Waals surface area contributed by atoms with Gasteiger partial charge in [-0.15, -0.1) is 11.3 Å². The highest BCUT2D eigenvalue weighted by Gasteiger charge is 2.51. The van der Waals surface area contributed by atoms with E-state index in [-0.39, 0.29) is 25.5 Å². The Hall–Kier alpha value is -1.40. The summed E-state index contributed by atoms with van der Waals surface area (Å²) in [6.45, 7) is 3.03. The smallest absolute Gasteiger partial charge is 0.261 e. The third-order valence-electron chi connectivity index (χ3n) is 2.88. The molecule has 2 rings (SSSR count). The van der Waals surface area contributed by atoms with E-state index in [0.29, 0.717) is 5.02 Å². The number of nitrogens with zero attached hydrogens (tertiary/aromatic N) is 1. The van der Waals surface area contributed by atoms with E-state index in [1.165, 1.54) is 16.2 Å². The van der Waals surface area contributed by atoms with Crippen LogP contribution in [0.5, 0.6) is 0 Å². The van der Waals surface area contributed by atoms with Crippen molar-refractivity contribution in [2.45, 2.75) is 12.2 Å². The molecule has 2 heterocycles. The Balaban J connectivity index is 1.86. The van der Waals surface area contributed by atoms with Gasteiger partial charge in [-0.05, 0) is 17.5 Å². The Morgan fingerprint density at radius 1 is 1.63 bits per heavy atom. The molecule has 0 bridgehead atoms. The third-order valence-corrected chi connectivity index (χ3v) is 4.26. The second-order valence-electron chi connectivity index (χ2n) is 4.24. The van der Waals surface area contributed by atoms with E-state index in [0.717, 1.165) is 11.0 Å². The largest absolute Gasteiger partial charge is 0.348 e. The molecule has 1 fully saturated rings. The SMILES string of the molecule is C=CC(=O)N1CC(F)(C(=O)NCc2sccc2Cl)C1. The molecule has 1 aromatic rings. The number of thiophene rings is 1. The Morgan fingerprint density at radius 3 is 2.84 bits per heavy atom. The fourth-order valence-corrected chi connectivity index (χ4v) is 2.80. The average Bonchev–Trinajstić information content (AvgIpc) is 2.76. The van der Waals surface area contributed by atoms with Crippen molar-refractivity contribution in [2.24, 2.45) is 0 Å². The topological polar surface area (TPSA) is 49.4 Å². The van der Waals surface area contributed by atoms with Gasteiger partial charge in [0.05, 0.1) is 24.7 Å². The molecular weight excluding hydrogens is 291 g/mol. The summed E-state index contributed by atoms with van der Waals surface area (Å²) in [5.74, 6) is -1.09. The van der Waals surface area contributed by atoms with Crippen LogP contribution in [0.3, 0.4) is 0 Å². The van der Waals surface area contributed by atoms with Crippen molar-refractivity contribution in [3.63, 3.8) is 0 Å². The van der Waals surface area contributed by atoms with Crippen LogP contribution in [0.1, 0.15) is 4.88 Å². The van der Waals surface area contributed by atoms with Gasteiger partial charge in [0.2, 0.25) is 11.6 Å². The summed E-state index contributed by atoms with van der Waals surface area (Å²) in [5, 5.41) is 4.84. The maximum absolute atomic E-state index is 14.1. The van der Waals surface area contributed by atoms with Crippen LogP contribution in [0.25, 0.3) is 0 Å². The van der Waals surface area contributed by atoms with Crippen LogP contribution in [-0.4, -0.2) is 35.5 Å². The van der Waals surface area contributed by atoms with E-state index in [1.54, 1.807) is 11.4 Å². The molecule has 0 saturated carbocycles. The number of carbonyl (C=O) groups is 2. The number of carbonyl (C=O) groups excluding carboxylic acids is 2. The van der Waals surface area contributed by atoms with Gasteiger partial charge < -0.3 is 10.2 Å². The van der Waals surface area contributed by atoms with Crippen LogP contribution in [0.2, 0.25) is 5.02 Å². The van der Waals surface area contributed by atoms with Gasteiger partial charge in [-0.25, -0.2) is 4.39 Å². The summed E-state index contributed by atoms with van der Waals surface area (Å²) < 4.78 is 14.1. The highest BCUT2D eigenvalue weighted by Crippen LogP contribution is 2.27. The first-order valence-electron chi connectivity index (χ1n) is 5.57. The lowest BCUT2D eigenvalue weighted by molar-refractivity contribution is -0.153. The van der Waals surface area contributed by atoms with E-state index < -0.39 is 11.6 Å². The predicted molar refractivity (Wildman–Crippen MR) is 71.8 cm³/mol. The van der Waals surface area contributed by atoms with Crippen LogP contribution >= 0.6 is 22.9 Å². The summed E-state index contributed by atoms with van der Waals surface area (Å²) in [6.07, 6.45) is 1.10. The van der Waals surface area contributed by atoms with Crippen molar-refractivity contribution in [2.75, 3.05) is 13.1 Å². The number of nitrogens with one attached hydrogen (secondary N) is 1. The summed E-state index contributed by atoms with van der Waals surface area (Å²) in [6, 6.07) is 1.72. The summed E-state index contributed by atoms with van der Waals surface area (Å²) in [4.78, 5) is 24.9. The van der Waals surface area contributed by atoms with Crippen molar-refractivity contribution < 1.29 is 14.0 Å². The molecule has 1 N–H and O–H groups in total. The maximum atomic E-state index is 14.1. The minimum atomic E-state index is -2.01. The number of likely N-dealkylation sites (tertiary alicyclic amines) is 1. The van der Waals surface area contributed by atoms with Crippen LogP contribution < -0.4 is 5.32 Å². The lowest BCUT2D eigenvalue weighted by Gasteiger charge is -2.42. The first kappa shape index (κ1) is 14.0. The van der Waals surface area contributed by atoms with Gasteiger partial charge in [-0.3, -0.25) is 9.59 Å². The standard InChI is InChI=1S/C12H12ClFN2O2S/c1-2-10(17)16-6-12(14,7-16)11(18)15-5-9-8(13)3-4-19-9/h2-4H,1,5-7H2,(H,15,18). The monoisotopic (exact) mass is 302 g/mol. The fraction of sp³-hybridized carbons (Fsp3) is 0.333. The number of alkyl halides is 1. The molecule has 1 aliphatic rings. The quantitative estimate of drug-likeness (QED) is 0.862. The van der Waals surface area contributed by atoms with Gasteiger partial charge in [-0.1, -0.05) is 18.2 Å². The lowest BCUT2D eigenvalue weighted by Crippen LogP contribution is -2.67. The van der Waals surface area contributed by atoms with Gasteiger partial charge in [0, 0.05) is 4.88 Å². The van der Waals surface area contributed by atoms with E-state index in [1.807, 2.05) is 0 Å². The molecule has 4 nitrogen and oxygen atoms in total. The first-order valence-corrected chi connectivity index (χ1v) is 6.82. The van der Waals surface area contributed by atoms with Gasteiger partial charge in [0.1, 0.15) is 0 Å². The highest BCUT2D eigenvalue weighted by molar-refractivity contribution is 7.10. The molecule has 0 aliphatic carbocycles. The minimum absolute atomic E-state index is 0.191. The van der Waals surface area contributed by atoms with E-state index in [4.69, 9.17) is 11.6 Å². The van der Waals surface area contributed by atoms with Crippen LogP contribution in [0.15, 0.2) is 24.1 Å². The Bertz CT molecular complexity index is 526. The van der Waals surface area contributed by atoms with E-state index in [2.05, 4.69) is 11.9 Å². The van der Waals surface area contributed by atoms with Crippen molar-refractivity contribution >= 4 is 34.8 Å². The Labute approximate surface area is 118 Å². The summed E-state index contributed by atoms with van der Waals surface area (Å²) in [5.41, 5.74) is -2.01. The van der Waals surface area contributed by atoms with Crippen molar-refractivity contribution in [3.8, 4) is 0 Å². The van der Waals surface area contributed by atoms with Gasteiger partial charge in [0.15, 0.2) is 0 Å². The predicted octanol–water partition coefficient (Wildman–Crippen LogP) is 1.75. The molecule has 1 aromatic heterocycles. The molecule has 0 atom stereocenters. The zero-order chi connectivity index (χ0) is 14.0. The Kier molecular flexibility index (Phi) is 3.91. The van der Waals surface area contributed by atoms with Crippen molar-refractivity contribution in [1.82, 2.24) is 10.2 Å². The fourth-order valence-electron chi connectivity index (χ4n) is 1.76.